The Hall–Kier alpha value is 0.100. The molecular weight excluding hydrogens is 347 g/mol. The summed E-state index contributed by atoms with van der Waals surface area (Å²) < 4.78 is 0.999. The lowest BCUT2D eigenvalue weighted by Crippen LogP contribution is -2.19. The van der Waals surface area contributed by atoms with Gasteiger partial charge in [-0.3, -0.25) is 0 Å². The largest absolute Gasteiger partial charge is 0.236 e. The van der Waals surface area contributed by atoms with E-state index in [1.54, 1.807) is 0 Å². The van der Waals surface area contributed by atoms with Crippen LogP contribution in [0.4, 0.5) is 0 Å². The molecule has 1 aliphatic rings. The van der Waals surface area contributed by atoms with E-state index >= 15 is 0 Å². The second-order valence-corrected chi connectivity index (χ2v) is 7.20. The molecule has 0 saturated heterocycles. The van der Waals surface area contributed by atoms with Gasteiger partial charge in [0.15, 0.2) is 0 Å². The Kier molecular flexibility index (Phi) is 3.98. The van der Waals surface area contributed by atoms with Crippen molar-refractivity contribution in [2.75, 3.05) is 0 Å². The van der Waals surface area contributed by atoms with E-state index in [2.05, 4.69) is 48.3 Å². The van der Waals surface area contributed by atoms with Crippen LogP contribution in [0.3, 0.4) is 0 Å². The third-order valence-electron chi connectivity index (χ3n) is 3.26. The Morgan fingerprint density at radius 3 is 2.29 bits per heavy atom. The fourth-order valence-corrected chi connectivity index (χ4v) is 3.53. The van der Waals surface area contributed by atoms with Crippen molar-refractivity contribution in [2.45, 2.75) is 57.8 Å². The topological polar surface area (TPSA) is 25.8 Å². The van der Waals surface area contributed by atoms with E-state index in [1.807, 2.05) is 0 Å². The minimum atomic E-state index is 0.0243. The summed E-state index contributed by atoms with van der Waals surface area (Å²) in [6, 6.07) is 0. The first kappa shape index (κ1) is 13.5. The van der Waals surface area contributed by atoms with Crippen LogP contribution in [0.25, 0.3) is 0 Å². The summed E-state index contributed by atoms with van der Waals surface area (Å²) in [5.41, 5.74) is 1.11. The van der Waals surface area contributed by atoms with Crippen molar-refractivity contribution in [2.24, 2.45) is 0 Å². The van der Waals surface area contributed by atoms with Crippen molar-refractivity contribution in [1.82, 2.24) is 9.97 Å². The zero-order chi connectivity index (χ0) is 12.6. The van der Waals surface area contributed by atoms with E-state index in [4.69, 9.17) is 16.6 Å². The third-order valence-corrected chi connectivity index (χ3v) is 4.87. The maximum atomic E-state index is 6.24. The van der Waals surface area contributed by atoms with Crippen molar-refractivity contribution in [3.05, 3.63) is 20.2 Å². The van der Waals surface area contributed by atoms with Gasteiger partial charge in [0, 0.05) is 11.3 Å². The smallest absolute Gasteiger partial charge is 0.146 e. The average molecular weight is 365 g/mol. The number of halogens is 2. The van der Waals surface area contributed by atoms with Gasteiger partial charge in [-0.25, -0.2) is 9.97 Å². The molecule has 17 heavy (non-hydrogen) atoms. The Morgan fingerprint density at radius 1 is 1.18 bits per heavy atom. The van der Waals surface area contributed by atoms with Crippen LogP contribution in [-0.4, -0.2) is 9.97 Å². The normalized spacial score (nSPS) is 17.7. The summed E-state index contributed by atoms with van der Waals surface area (Å²) in [5.74, 6) is 1.48. The molecule has 1 heterocycles. The predicted octanol–water partition coefficient (Wildman–Crippen LogP) is 4.69. The molecule has 0 unspecified atom stereocenters. The van der Waals surface area contributed by atoms with Gasteiger partial charge in [-0.05, 0) is 35.4 Å². The number of hydrogen-bond acceptors (Lipinski definition) is 2. The molecule has 0 radical (unpaired) electrons. The molecule has 0 bridgehead atoms. The molecule has 1 saturated carbocycles. The zero-order valence-electron chi connectivity index (χ0n) is 10.6. The van der Waals surface area contributed by atoms with E-state index in [0.717, 1.165) is 15.1 Å². The molecular formula is C13H18ClIN2. The Morgan fingerprint density at radius 2 is 1.76 bits per heavy atom. The highest BCUT2D eigenvalue weighted by Gasteiger charge is 2.26. The van der Waals surface area contributed by atoms with Crippen LogP contribution in [0.5, 0.6) is 0 Å². The van der Waals surface area contributed by atoms with Crippen molar-refractivity contribution in [3.63, 3.8) is 0 Å². The maximum Gasteiger partial charge on any atom is 0.146 e. The number of aromatic nitrogens is 2. The summed E-state index contributed by atoms with van der Waals surface area (Å²) in [5, 5.41) is 0.618. The first-order valence-electron chi connectivity index (χ1n) is 6.13. The minimum absolute atomic E-state index is 0.0243. The Labute approximate surface area is 122 Å². The van der Waals surface area contributed by atoms with E-state index in [1.165, 1.54) is 25.7 Å². The molecule has 0 amide bonds. The van der Waals surface area contributed by atoms with Crippen molar-refractivity contribution < 1.29 is 0 Å². The summed E-state index contributed by atoms with van der Waals surface area (Å²) in [4.78, 5) is 9.26. The lowest BCUT2D eigenvalue weighted by atomic mass is 9.91. The fourth-order valence-electron chi connectivity index (χ4n) is 2.30. The van der Waals surface area contributed by atoms with Gasteiger partial charge in [0.2, 0.25) is 0 Å². The van der Waals surface area contributed by atoms with Crippen molar-refractivity contribution >= 4 is 34.2 Å². The molecule has 1 aliphatic carbocycles. The van der Waals surface area contributed by atoms with Gasteiger partial charge >= 0.3 is 0 Å². The van der Waals surface area contributed by atoms with Gasteiger partial charge in [0.25, 0.3) is 0 Å². The van der Waals surface area contributed by atoms with Crippen LogP contribution >= 0.6 is 34.2 Å². The lowest BCUT2D eigenvalue weighted by molar-refractivity contribution is 0.547. The molecule has 0 N–H and O–H groups in total. The highest BCUT2D eigenvalue weighted by Crippen LogP contribution is 2.35. The van der Waals surface area contributed by atoms with Crippen LogP contribution in [0.1, 0.15) is 63.9 Å². The standard InChI is InChI=1S/C13H18ClIN2/c1-13(2,3)10-9(15)11(14)17-12(16-10)8-6-4-5-7-8/h8H,4-7H2,1-3H3. The van der Waals surface area contributed by atoms with Gasteiger partial charge in [-0.15, -0.1) is 0 Å². The highest BCUT2D eigenvalue weighted by molar-refractivity contribution is 14.1. The van der Waals surface area contributed by atoms with Crippen molar-refractivity contribution in [3.8, 4) is 0 Å². The monoisotopic (exact) mass is 364 g/mol. The van der Waals surface area contributed by atoms with Crippen LogP contribution in [-0.2, 0) is 5.41 Å². The first-order chi connectivity index (χ1) is 7.89. The SMILES string of the molecule is CC(C)(C)c1nc(C2CCCC2)nc(Cl)c1I. The quantitative estimate of drug-likeness (QED) is 0.534. The number of nitrogens with zero attached hydrogens (tertiary/aromatic N) is 2. The second-order valence-electron chi connectivity index (χ2n) is 5.77. The average Bonchev–Trinajstić information content (AvgIpc) is 2.73. The van der Waals surface area contributed by atoms with E-state index in [9.17, 15) is 0 Å². The Balaban J connectivity index is 2.45. The Bertz CT molecular complexity index is 420. The van der Waals surface area contributed by atoms with Gasteiger partial charge in [-0.1, -0.05) is 45.2 Å². The van der Waals surface area contributed by atoms with Crippen LogP contribution < -0.4 is 0 Å². The maximum absolute atomic E-state index is 6.24. The fraction of sp³-hybridized carbons (Fsp3) is 0.692. The van der Waals surface area contributed by atoms with E-state index in [-0.39, 0.29) is 5.41 Å². The number of rotatable bonds is 1. The van der Waals surface area contributed by atoms with Crippen LogP contribution in [0.15, 0.2) is 0 Å². The van der Waals surface area contributed by atoms with Crippen molar-refractivity contribution in [1.29, 1.82) is 0 Å². The summed E-state index contributed by atoms with van der Waals surface area (Å²) >= 11 is 8.50. The molecule has 4 heteroatoms. The van der Waals surface area contributed by atoms with Crippen LogP contribution in [0.2, 0.25) is 5.15 Å². The minimum Gasteiger partial charge on any atom is -0.236 e. The summed E-state index contributed by atoms with van der Waals surface area (Å²) in [6.07, 6.45) is 5.01. The molecule has 94 valence electrons. The number of hydrogen-bond donors (Lipinski definition) is 0. The molecule has 0 atom stereocenters. The first-order valence-corrected chi connectivity index (χ1v) is 7.58. The molecule has 2 rings (SSSR count). The summed E-state index contributed by atoms with van der Waals surface area (Å²) in [6.45, 7) is 6.52. The van der Waals surface area contributed by atoms with E-state index in [0.29, 0.717) is 11.1 Å². The third kappa shape index (κ3) is 2.92. The van der Waals surface area contributed by atoms with E-state index < -0.39 is 0 Å². The molecule has 0 aliphatic heterocycles. The van der Waals surface area contributed by atoms with Crippen LogP contribution in [0, 0.1) is 3.57 Å². The van der Waals surface area contributed by atoms with Gasteiger partial charge in [0.05, 0.1) is 9.26 Å². The molecule has 0 aromatic carbocycles. The zero-order valence-corrected chi connectivity index (χ0v) is 13.5. The molecule has 1 aromatic heterocycles. The van der Waals surface area contributed by atoms with Gasteiger partial charge in [0.1, 0.15) is 11.0 Å². The lowest BCUT2D eigenvalue weighted by Gasteiger charge is -2.21. The van der Waals surface area contributed by atoms with Gasteiger partial charge in [-0.2, -0.15) is 0 Å². The highest BCUT2D eigenvalue weighted by atomic mass is 127. The van der Waals surface area contributed by atoms with Gasteiger partial charge < -0.3 is 0 Å². The molecule has 1 fully saturated rings. The molecule has 0 spiro atoms. The summed E-state index contributed by atoms with van der Waals surface area (Å²) in [7, 11) is 0. The second kappa shape index (κ2) is 5.00. The predicted molar refractivity (Wildman–Crippen MR) is 79.7 cm³/mol. The molecule has 2 nitrogen and oxygen atoms in total. The molecule has 1 aromatic rings.